The van der Waals surface area contributed by atoms with Crippen molar-refractivity contribution in [3.05, 3.63) is 53.6 Å². The Labute approximate surface area is 153 Å². The van der Waals surface area contributed by atoms with E-state index in [-0.39, 0.29) is 35.7 Å². The number of nitrogens with zero attached hydrogens (tertiary/aromatic N) is 1. The summed E-state index contributed by atoms with van der Waals surface area (Å²) in [5, 5.41) is 11.7. The molecular formula is C18H15N3O6. The van der Waals surface area contributed by atoms with Crippen molar-refractivity contribution in [2.75, 3.05) is 23.4 Å². The van der Waals surface area contributed by atoms with Gasteiger partial charge in [0.15, 0.2) is 6.61 Å². The fraction of sp³-hybridized carbons (Fsp3) is 0.111. The number of carbonyl (C=O) groups excluding carboxylic acids is 3. The molecule has 1 aliphatic rings. The molecule has 3 amide bonds. The van der Waals surface area contributed by atoms with Crippen LogP contribution in [0.25, 0.3) is 0 Å². The average Bonchev–Trinajstić information content (AvgIpc) is 2.64. The highest BCUT2D eigenvalue weighted by Gasteiger charge is 2.28. The number of aromatic carboxylic acids is 1. The Hall–Kier alpha value is -3.88. The number of ether oxygens (including phenoxy) is 1. The van der Waals surface area contributed by atoms with E-state index in [0.29, 0.717) is 5.75 Å². The van der Waals surface area contributed by atoms with Gasteiger partial charge < -0.3 is 20.9 Å². The van der Waals surface area contributed by atoms with Crippen LogP contribution in [0.3, 0.4) is 0 Å². The molecule has 0 fully saturated rings. The fourth-order valence-electron chi connectivity index (χ4n) is 2.65. The Bertz CT molecular complexity index is 956. The quantitative estimate of drug-likeness (QED) is 0.714. The normalized spacial score (nSPS) is 12.7. The molecule has 0 radical (unpaired) electrons. The number of hydrogen-bond donors (Lipinski definition) is 3. The smallest absolute Gasteiger partial charge is 0.335 e. The minimum atomic E-state index is -1.17. The maximum absolute atomic E-state index is 12.4. The summed E-state index contributed by atoms with van der Waals surface area (Å²) in [6.07, 6.45) is 0. The topological polar surface area (TPSA) is 139 Å². The lowest BCUT2D eigenvalue weighted by Gasteiger charge is -2.29. The van der Waals surface area contributed by atoms with Crippen molar-refractivity contribution in [1.82, 2.24) is 0 Å². The van der Waals surface area contributed by atoms with Crippen LogP contribution in [-0.4, -0.2) is 41.9 Å². The van der Waals surface area contributed by atoms with E-state index in [1.54, 1.807) is 12.1 Å². The van der Waals surface area contributed by atoms with Crippen LogP contribution in [0.1, 0.15) is 20.7 Å². The van der Waals surface area contributed by atoms with Gasteiger partial charge in [-0.25, -0.2) is 4.79 Å². The van der Waals surface area contributed by atoms with Gasteiger partial charge in [-0.15, -0.1) is 0 Å². The Balaban J connectivity index is 1.85. The molecule has 0 aliphatic carbocycles. The van der Waals surface area contributed by atoms with E-state index in [1.807, 2.05) is 0 Å². The van der Waals surface area contributed by atoms with Gasteiger partial charge in [0, 0.05) is 0 Å². The summed E-state index contributed by atoms with van der Waals surface area (Å²) in [6, 6.07) is 10.2. The number of hydrogen-bond acceptors (Lipinski definition) is 5. The Kier molecular flexibility index (Phi) is 4.75. The largest absolute Gasteiger partial charge is 0.482 e. The molecule has 9 heteroatoms. The first kappa shape index (κ1) is 17.9. The summed E-state index contributed by atoms with van der Waals surface area (Å²) in [4.78, 5) is 48.4. The zero-order valence-electron chi connectivity index (χ0n) is 14.0. The second-order valence-electron chi connectivity index (χ2n) is 5.71. The molecule has 0 unspecified atom stereocenters. The van der Waals surface area contributed by atoms with E-state index in [0.717, 1.165) is 4.90 Å². The molecule has 0 bridgehead atoms. The van der Waals surface area contributed by atoms with Gasteiger partial charge in [0.1, 0.15) is 12.3 Å². The lowest BCUT2D eigenvalue weighted by molar-refractivity contribution is -0.123. The fourth-order valence-corrected chi connectivity index (χ4v) is 2.65. The number of benzene rings is 2. The third kappa shape index (κ3) is 3.71. The highest BCUT2D eigenvalue weighted by atomic mass is 16.5. The molecule has 9 nitrogen and oxygen atoms in total. The number of carbonyl (C=O) groups is 4. The first-order chi connectivity index (χ1) is 12.9. The van der Waals surface area contributed by atoms with Crippen molar-refractivity contribution in [1.29, 1.82) is 0 Å². The van der Waals surface area contributed by atoms with Gasteiger partial charge in [-0.3, -0.25) is 19.3 Å². The number of nitrogens with one attached hydrogen (secondary N) is 1. The summed E-state index contributed by atoms with van der Waals surface area (Å²) in [7, 11) is 0. The van der Waals surface area contributed by atoms with Crippen LogP contribution in [0, 0.1) is 0 Å². The molecule has 3 rings (SSSR count). The van der Waals surface area contributed by atoms with Crippen LogP contribution in [0.4, 0.5) is 11.4 Å². The van der Waals surface area contributed by atoms with E-state index in [9.17, 15) is 19.2 Å². The van der Waals surface area contributed by atoms with Crippen molar-refractivity contribution < 1.29 is 29.0 Å². The van der Waals surface area contributed by atoms with Gasteiger partial charge in [0.25, 0.3) is 11.8 Å². The number of para-hydroxylation sites is 1. The minimum Gasteiger partial charge on any atom is -0.482 e. The molecule has 138 valence electrons. The third-order valence-electron chi connectivity index (χ3n) is 3.92. The third-order valence-corrected chi connectivity index (χ3v) is 3.92. The zero-order chi connectivity index (χ0) is 19.6. The lowest BCUT2D eigenvalue weighted by atomic mass is 10.1. The monoisotopic (exact) mass is 369 g/mol. The van der Waals surface area contributed by atoms with E-state index in [1.165, 1.54) is 30.3 Å². The van der Waals surface area contributed by atoms with Gasteiger partial charge in [-0.2, -0.15) is 0 Å². The molecule has 0 atom stereocenters. The molecule has 0 saturated carbocycles. The summed E-state index contributed by atoms with van der Waals surface area (Å²) < 4.78 is 5.27. The van der Waals surface area contributed by atoms with Crippen LogP contribution < -0.4 is 20.7 Å². The molecule has 1 heterocycles. The van der Waals surface area contributed by atoms with Gasteiger partial charge in [0.05, 0.1) is 22.5 Å². The standard InChI is InChI=1S/C18H15N3O6/c19-17(24)11-3-1-2-4-12(11)20-15(22)8-21-13-7-10(18(25)26)5-6-14(13)27-9-16(21)23/h1-7H,8-9H2,(H2,19,24)(H,20,22)(H,25,26). The molecular weight excluding hydrogens is 354 g/mol. The van der Waals surface area contributed by atoms with Gasteiger partial charge in [0.2, 0.25) is 5.91 Å². The van der Waals surface area contributed by atoms with Gasteiger partial charge in [-0.1, -0.05) is 12.1 Å². The number of anilines is 2. The molecule has 27 heavy (non-hydrogen) atoms. The predicted octanol–water partition coefficient (Wildman–Crippen LogP) is 0.848. The maximum atomic E-state index is 12.4. The Morgan fingerprint density at radius 1 is 1.19 bits per heavy atom. The molecule has 0 spiro atoms. The van der Waals surface area contributed by atoms with E-state index in [4.69, 9.17) is 15.6 Å². The van der Waals surface area contributed by atoms with E-state index >= 15 is 0 Å². The van der Waals surface area contributed by atoms with Crippen LogP contribution in [0.5, 0.6) is 5.75 Å². The molecule has 1 aliphatic heterocycles. The van der Waals surface area contributed by atoms with Gasteiger partial charge >= 0.3 is 5.97 Å². The molecule has 0 aromatic heterocycles. The first-order valence-corrected chi connectivity index (χ1v) is 7.86. The van der Waals surface area contributed by atoms with E-state index in [2.05, 4.69) is 5.32 Å². The summed E-state index contributed by atoms with van der Waals surface area (Å²) in [6.45, 7) is -0.657. The van der Waals surface area contributed by atoms with Crippen LogP contribution in [0.15, 0.2) is 42.5 Å². The van der Waals surface area contributed by atoms with Crippen LogP contribution in [0.2, 0.25) is 0 Å². The second kappa shape index (κ2) is 7.16. The van der Waals surface area contributed by atoms with Crippen LogP contribution in [-0.2, 0) is 9.59 Å². The second-order valence-corrected chi connectivity index (χ2v) is 5.71. The van der Waals surface area contributed by atoms with Crippen molar-refractivity contribution in [2.24, 2.45) is 5.73 Å². The number of amides is 3. The molecule has 2 aromatic carbocycles. The lowest BCUT2D eigenvalue weighted by Crippen LogP contribution is -2.43. The minimum absolute atomic E-state index is 0.0449. The number of fused-ring (bicyclic) bond motifs is 1. The number of primary amides is 1. The number of rotatable bonds is 5. The van der Waals surface area contributed by atoms with Gasteiger partial charge in [-0.05, 0) is 30.3 Å². The van der Waals surface area contributed by atoms with Crippen LogP contribution >= 0.6 is 0 Å². The number of carboxylic acids is 1. The number of nitrogens with two attached hydrogens (primary N) is 1. The zero-order valence-corrected chi connectivity index (χ0v) is 14.0. The van der Waals surface area contributed by atoms with Crippen molar-refractivity contribution in [2.45, 2.75) is 0 Å². The predicted molar refractivity (Wildman–Crippen MR) is 94.8 cm³/mol. The van der Waals surface area contributed by atoms with E-state index < -0.39 is 23.7 Å². The highest BCUT2D eigenvalue weighted by molar-refractivity contribution is 6.08. The Morgan fingerprint density at radius 2 is 1.93 bits per heavy atom. The first-order valence-electron chi connectivity index (χ1n) is 7.86. The van der Waals surface area contributed by atoms with Crippen molar-refractivity contribution in [3.8, 4) is 5.75 Å². The summed E-state index contributed by atoms with van der Waals surface area (Å²) in [5.74, 6) is -2.65. The average molecular weight is 369 g/mol. The highest BCUT2D eigenvalue weighted by Crippen LogP contribution is 2.33. The summed E-state index contributed by atoms with van der Waals surface area (Å²) in [5.41, 5.74) is 5.77. The SMILES string of the molecule is NC(=O)c1ccccc1NC(=O)CN1C(=O)COc2ccc(C(=O)O)cc21. The molecule has 4 N–H and O–H groups in total. The van der Waals surface area contributed by atoms with Crippen molar-refractivity contribution in [3.63, 3.8) is 0 Å². The number of carboxylic acid groups (broad SMARTS) is 1. The molecule has 2 aromatic rings. The molecule has 0 saturated heterocycles. The van der Waals surface area contributed by atoms with Crippen molar-refractivity contribution >= 4 is 35.1 Å². The summed E-state index contributed by atoms with van der Waals surface area (Å²) >= 11 is 0. The Morgan fingerprint density at radius 3 is 2.63 bits per heavy atom. The maximum Gasteiger partial charge on any atom is 0.335 e.